The summed E-state index contributed by atoms with van der Waals surface area (Å²) in [6.07, 6.45) is 3.75. The summed E-state index contributed by atoms with van der Waals surface area (Å²) in [5.41, 5.74) is 34.0. The maximum absolute atomic E-state index is 5.12. The van der Waals surface area contributed by atoms with Crippen LogP contribution in [0.25, 0.3) is 257 Å². The normalized spacial score (nSPS) is 11.3. The first kappa shape index (κ1) is 89.4. The number of pyridine rings is 7. The molecule has 150 heavy (non-hydrogen) atoms. The highest BCUT2D eigenvalue weighted by Crippen LogP contribution is 2.39. The topological polar surface area (TPSA) is 185 Å². The Morgan fingerprint density at radius 3 is 0.753 bits per heavy atom. The molecule has 0 aliphatic carbocycles. The first-order valence-corrected chi connectivity index (χ1v) is 49.8. The number of rotatable bonds is 15. The molecular formula is C133H87N17. The molecular weight excluding hydrogens is 1840 g/mol. The highest BCUT2D eigenvalue weighted by Gasteiger charge is 2.23. The predicted molar refractivity (Wildman–Crippen MR) is 607 cm³/mol. The van der Waals surface area contributed by atoms with Gasteiger partial charge in [-0.25, -0.2) is 52.9 Å². The first-order chi connectivity index (χ1) is 74.2. The van der Waals surface area contributed by atoms with Crippen LogP contribution < -0.4 is 0 Å². The van der Waals surface area contributed by atoms with E-state index in [4.69, 9.17) is 60.3 Å². The van der Waals surface area contributed by atoms with Gasteiger partial charge in [-0.1, -0.05) is 382 Å². The molecule has 704 valence electrons. The van der Waals surface area contributed by atoms with E-state index >= 15 is 0 Å². The molecule has 0 bridgehead atoms. The summed E-state index contributed by atoms with van der Waals surface area (Å²) in [6, 6.07) is 177. The summed E-state index contributed by atoms with van der Waals surface area (Å²) >= 11 is 0. The molecule has 14 heterocycles. The van der Waals surface area contributed by atoms with Gasteiger partial charge in [0.2, 0.25) is 0 Å². The van der Waals surface area contributed by atoms with Crippen molar-refractivity contribution in [2.24, 2.45) is 0 Å². The summed E-state index contributed by atoms with van der Waals surface area (Å²) in [5, 5.41) is 29.1. The van der Waals surface area contributed by atoms with Gasteiger partial charge >= 0.3 is 0 Å². The second-order valence-electron chi connectivity index (χ2n) is 36.8. The van der Waals surface area contributed by atoms with E-state index in [-0.39, 0.29) is 0 Å². The fourth-order valence-electron chi connectivity index (χ4n) is 19.5. The molecule has 0 radical (unpaired) electrons. The summed E-state index contributed by atoms with van der Waals surface area (Å²) in [4.78, 5) is 44.3. The van der Waals surface area contributed by atoms with Crippen LogP contribution >= 0.6 is 0 Å². The van der Waals surface area contributed by atoms with Crippen molar-refractivity contribution in [1.29, 1.82) is 0 Å². The van der Waals surface area contributed by atoms with E-state index in [0.29, 0.717) is 17.5 Å². The first-order valence-electron chi connectivity index (χ1n) is 49.8. The zero-order chi connectivity index (χ0) is 99.6. The third-order valence-corrected chi connectivity index (χ3v) is 27.2. The molecule has 0 saturated heterocycles. The maximum Gasteiger partial charge on any atom is 0.181 e. The Bertz CT molecular complexity index is 9810. The van der Waals surface area contributed by atoms with Gasteiger partial charge in [-0.2, -0.15) is 20.4 Å². The molecule has 0 aliphatic heterocycles. The number of para-hydroxylation sites is 4. The summed E-state index contributed by atoms with van der Waals surface area (Å²) in [7, 11) is 0. The van der Waals surface area contributed by atoms with E-state index < -0.39 is 0 Å². The van der Waals surface area contributed by atoms with E-state index in [1.807, 2.05) is 188 Å². The minimum absolute atomic E-state index is 0.608. The lowest BCUT2D eigenvalue weighted by Gasteiger charge is -2.10. The van der Waals surface area contributed by atoms with Crippen LogP contribution in [0.2, 0.25) is 0 Å². The van der Waals surface area contributed by atoms with Crippen molar-refractivity contribution in [3.63, 3.8) is 0 Å². The van der Waals surface area contributed by atoms with Crippen molar-refractivity contribution in [1.82, 2.24) is 83.3 Å². The molecule has 29 aromatic rings. The highest BCUT2D eigenvalue weighted by molar-refractivity contribution is 5.93. The molecule has 0 unspecified atom stereocenters. The van der Waals surface area contributed by atoms with Crippen molar-refractivity contribution in [2.75, 3.05) is 0 Å². The SMILES string of the molecule is c1ccc(-c2cc(-c3ccccc3)nc(-c3cc4ccc5ccccc5n4n3)n2)cc1.c1ccc(-c2ccc(-c3cc(-c4ccc(-c5ccccn5)cc4)nc(-c4cc5ccc6ccccc6n5n4)c3)nc2)cc1.c1ccc(-c2ccc(-c3cc(-c4ccccc4)nc(-c4cc5ccc6ccccc6n5n4)n3)cc2)cc1.c1ccc2cc(-c3cc(-c4ccc5ccccc5c4)nc(-c4cc5ccc6ccccc6n5n4)n3)ccc2c1. The van der Waals surface area contributed by atoms with Crippen LogP contribution in [-0.2, 0) is 0 Å². The molecule has 15 aromatic carbocycles. The van der Waals surface area contributed by atoms with Gasteiger partial charge in [-0.15, -0.1) is 0 Å². The molecule has 29 rings (SSSR count). The molecule has 14 aromatic heterocycles. The second-order valence-corrected chi connectivity index (χ2v) is 36.8. The monoisotopic (exact) mass is 1920 g/mol. The largest absolute Gasteiger partial charge is 0.256 e. The van der Waals surface area contributed by atoms with E-state index in [9.17, 15) is 0 Å². The van der Waals surface area contributed by atoms with Crippen molar-refractivity contribution >= 4 is 87.2 Å². The minimum atomic E-state index is 0.608. The molecule has 0 atom stereocenters. The highest BCUT2D eigenvalue weighted by atomic mass is 15.3. The second kappa shape index (κ2) is 39.5. The molecule has 0 spiro atoms. The third kappa shape index (κ3) is 18.3. The van der Waals surface area contributed by atoms with Crippen LogP contribution in [0.4, 0.5) is 0 Å². The van der Waals surface area contributed by atoms with Crippen molar-refractivity contribution in [2.45, 2.75) is 0 Å². The average molecular weight is 1920 g/mol. The van der Waals surface area contributed by atoms with Crippen LogP contribution in [0.5, 0.6) is 0 Å². The standard InChI is InChI=1S/C38H25N5.C35H22N4.C33H22N4.C27H18N4/c1-2-8-26(9-3-1)30-18-20-34(40-25-30)31-22-35(28-15-13-27(14-16-28)33-11-6-7-21-39-33)41-36(23-31)37-24-32-19-17-29-10-4-5-12-38(29)43(32)42-37;1-3-10-26-19-28(15-13-23(26)7-1)31-22-32(29-16-14-24-8-2-4-11-27(24)20-29)37-35(36-31)33-21-30-18-17-25-9-5-6-12-34(25)39(30)38-33;1-3-9-23(10-4-1)24-15-17-26(18-16-24)30-22-29(25-11-5-2-6-12-25)34-33(35-30)31-21-28-20-19-27-13-7-8-14-32(27)37(28)36-31;1-3-9-19(10-4-1)23-18-24(20-11-5-2-6-12-20)29-27(28-23)25-17-22-16-15-21-13-7-8-14-26(21)31(22)30-25/h1-25H;1-22H;1-22H;1-18H. The Hall–Kier alpha value is -20.7. The number of fused-ring (bicyclic) bond motifs is 14. The van der Waals surface area contributed by atoms with Gasteiger partial charge < -0.3 is 0 Å². The third-order valence-electron chi connectivity index (χ3n) is 27.2. The molecule has 0 amide bonds. The van der Waals surface area contributed by atoms with Crippen LogP contribution in [-0.4, -0.2) is 83.3 Å². The Morgan fingerprint density at radius 1 is 0.127 bits per heavy atom. The van der Waals surface area contributed by atoms with Crippen molar-refractivity contribution in [3.05, 3.63) is 528 Å². The molecule has 0 N–H and O–H groups in total. The smallest absolute Gasteiger partial charge is 0.181 e. The number of hydrogen-bond donors (Lipinski definition) is 0. The van der Waals surface area contributed by atoms with E-state index in [1.54, 1.807) is 0 Å². The quantitative estimate of drug-likeness (QED) is 0.0945. The van der Waals surface area contributed by atoms with E-state index in [1.165, 1.54) is 32.7 Å². The lowest BCUT2D eigenvalue weighted by atomic mass is 10.0. The average Bonchev–Trinajstić information content (AvgIpc) is 1.74. The van der Waals surface area contributed by atoms with Gasteiger partial charge in [0.15, 0.2) is 17.5 Å². The number of aromatic nitrogens is 17. The van der Waals surface area contributed by atoms with Gasteiger partial charge in [-0.3, -0.25) is 9.97 Å². The number of benzene rings is 15. The van der Waals surface area contributed by atoms with Gasteiger partial charge in [-0.05, 0) is 172 Å². The van der Waals surface area contributed by atoms with Crippen molar-refractivity contribution in [3.8, 4) is 170 Å². The van der Waals surface area contributed by atoms with Gasteiger partial charge in [0, 0.05) is 89.6 Å². The minimum Gasteiger partial charge on any atom is -0.256 e. The lowest BCUT2D eigenvalue weighted by molar-refractivity contribution is 0.995. The van der Waals surface area contributed by atoms with Gasteiger partial charge in [0.05, 0.1) is 101 Å². The van der Waals surface area contributed by atoms with Crippen LogP contribution in [0.3, 0.4) is 0 Å². The molecule has 17 nitrogen and oxygen atoms in total. The zero-order valence-corrected chi connectivity index (χ0v) is 80.8. The Labute approximate surface area is 862 Å². The van der Waals surface area contributed by atoms with Gasteiger partial charge in [0.1, 0.15) is 22.8 Å². The maximum atomic E-state index is 5.12. The van der Waals surface area contributed by atoms with Crippen LogP contribution in [0, 0.1) is 0 Å². The molecule has 17 heteroatoms. The predicted octanol–water partition coefficient (Wildman–Crippen LogP) is 31.8. The Kier molecular flexibility index (Phi) is 23.6. The van der Waals surface area contributed by atoms with Crippen LogP contribution in [0.15, 0.2) is 528 Å². The van der Waals surface area contributed by atoms with E-state index in [0.717, 1.165) is 207 Å². The molecule has 0 aliphatic rings. The summed E-state index contributed by atoms with van der Waals surface area (Å²) < 4.78 is 7.91. The van der Waals surface area contributed by atoms with Gasteiger partial charge in [0.25, 0.3) is 0 Å². The van der Waals surface area contributed by atoms with Crippen LogP contribution in [0.1, 0.15) is 0 Å². The van der Waals surface area contributed by atoms with E-state index in [2.05, 4.69) is 363 Å². The van der Waals surface area contributed by atoms with Crippen molar-refractivity contribution < 1.29 is 0 Å². The molecule has 0 saturated carbocycles. The fourth-order valence-corrected chi connectivity index (χ4v) is 19.5. The molecule has 0 fully saturated rings. The Balaban J connectivity index is 0.000000101. The fraction of sp³-hybridized carbons (Fsp3) is 0. The number of hydrogen-bond acceptors (Lipinski definition) is 13. The Morgan fingerprint density at radius 2 is 0.387 bits per heavy atom. The summed E-state index contributed by atoms with van der Waals surface area (Å²) in [6.45, 7) is 0. The lowest BCUT2D eigenvalue weighted by Crippen LogP contribution is -1.97. The zero-order valence-electron chi connectivity index (χ0n) is 80.8. The summed E-state index contributed by atoms with van der Waals surface area (Å²) in [5.74, 6) is 1.83. The number of nitrogens with zero attached hydrogens (tertiary/aromatic N) is 17.